The van der Waals surface area contributed by atoms with Crippen LogP contribution < -0.4 is 15.1 Å². The van der Waals surface area contributed by atoms with Gasteiger partial charge in [0.1, 0.15) is 11.6 Å². The molecule has 0 atom stereocenters. The summed E-state index contributed by atoms with van der Waals surface area (Å²) in [7, 11) is 4.22. The van der Waals surface area contributed by atoms with Crippen molar-refractivity contribution < 1.29 is 14.4 Å². The Morgan fingerprint density at radius 2 is 1.84 bits per heavy atom. The van der Waals surface area contributed by atoms with Crippen LogP contribution in [-0.2, 0) is 6.54 Å². The monoisotopic (exact) mass is 362 g/mol. The minimum Gasteiger partial charge on any atom is -0.508 e. The van der Waals surface area contributed by atoms with Gasteiger partial charge < -0.3 is 20.2 Å². The lowest BCUT2D eigenvalue weighted by Gasteiger charge is -2.26. The van der Waals surface area contributed by atoms with Crippen LogP contribution in [0.4, 0.5) is 10.1 Å². The fraction of sp³-hybridized carbons (Fsp3) is 0.316. The van der Waals surface area contributed by atoms with E-state index in [9.17, 15) is 9.50 Å². The van der Waals surface area contributed by atoms with Crippen LogP contribution in [0.2, 0.25) is 0 Å². The molecule has 0 bridgehead atoms. The number of rotatable bonds is 7. The fourth-order valence-corrected chi connectivity index (χ4v) is 2.72. The number of aromatic hydroxyl groups is 1. The molecule has 0 saturated carbocycles. The van der Waals surface area contributed by atoms with Gasteiger partial charge in [-0.1, -0.05) is 18.2 Å². The molecule has 0 radical (unpaired) electrons. The van der Waals surface area contributed by atoms with Gasteiger partial charge in [0.15, 0.2) is 5.11 Å². The highest BCUT2D eigenvalue weighted by Crippen LogP contribution is 2.23. The van der Waals surface area contributed by atoms with Gasteiger partial charge in [0.2, 0.25) is 0 Å². The summed E-state index contributed by atoms with van der Waals surface area (Å²) < 4.78 is 13.3. The topological polar surface area (TPSA) is 39.9 Å². The third kappa shape index (κ3) is 5.99. The smallest absolute Gasteiger partial charge is 0.173 e. The number of phenols is 1. The first-order valence-corrected chi connectivity index (χ1v) is 8.75. The molecule has 0 unspecified atom stereocenters. The van der Waals surface area contributed by atoms with Gasteiger partial charge in [-0.05, 0) is 42.5 Å². The van der Waals surface area contributed by atoms with Gasteiger partial charge in [-0.2, -0.15) is 0 Å². The summed E-state index contributed by atoms with van der Waals surface area (Å²) in [5, 5.41) is 13.9. The van der Waals surface area contributed by atoms with Crippen molar-refractivity contribution in [2.24, 2.45) is 0 Å². The van der Waals surface area contributed by atoms with Crippen molar-refractivity contribution in [3.05, 3.63) is 59.9 Å². The van der Waals surface area contributed by atoms with Crippen LogP contribution in [0.5, 0.6) is 5.75 Å². The predicted molar refractivity (Wildman–Crippen MR) is 104 cm³/mol. The van der Waals surface area contributed by atoms with Crippen molar-refractivity contribution in [1.82, 2.24) is 5.32 Å². The Morgan fingerprint density at radius 1 is 1.16 bits per heavy atom. The quantitative estimate of drug-likeness (QED) is 0.520. The third-order valence-electron chi connectivity index (χ3n) is 3.83. The van der Waals surface area contributed by atoms with Crippen LogP contribution in [0.1, 0.15) is 12.0 Å². The van der Waals surface area contributed by atoms with E-state index in [1.54, 1.807) is 24.3 Å². The molecule has 0 aliphatic carbocycles. The van der Waals surface area contributed by atoms with E-state index in [0.29, 0.717) is 11.7 Å². The molecule has 4 nitrogen and oxygen atoms in total. The number of quaternary nitrogens is 1. The van der Waals surface area contributed by atoms with E-state index in [4.69, 9.17) is 12.2 Å². The van der Waals surface area contributed by atoms with E-state index < -0.39 is 0 Å². The Balaban J connectivity index is 2.13. The fourth-order valence-electron chi connectivity index (χ4n) is 2.45. The first-order chi connectivity index (χ1) is 12.0. The number of anilines is 1. The van der Waals surface area contributed by atoms with Crippen LogP contribution in [0.15, 0.2) is 48.5 Å². The molecule has 2 aromatic rings. The molecule has 0 aliphatic heterocycles. The zero-order valence-corrected chi connectivity index (χ0v) is 15.4. The maximum absolute atomic E-state index is 13.3. The molecule has 3 N–H and O–H groups in total. The molecule has 6 heteroatoms. The van der Waals surface area contributed by atoms with Gasteiger partial charge in [0.05, 0.1) is 27.2 Å². The van der Waals surface area contributed by atoms with Gasteiger partial charge in [0, 0.05) is 24.2 Å². The van der Waals surface area contributed by atoms with Gasteiger partial charge in [-0.3, -0.25) is 0 Å². The first-order valence-electron chi connectivity index (χ1n) is 8.34. The second-order valence-corrected chi connectivity index (χ2v) is 6.62. The van der Waals surface area contributed by atoms with E-state index in [1.165, 1.54) is 17.0 Å². The van der Waals surface area contributed by atoms with Gasteiger partial charge in [-0.25, -0.2) is 4.39 Å². The second-order valence-electron chi connectivity index (χ2n) is 6.23. The molecule has 134 valence electrons. The number of hydrogen-bond donors (Lipinski definition) is 3. The Bertz CT molecular complexity index is 691. The number of halogens is 1. The van der Waals surface area contributed by atoms with E-state index >= 15 is 0 Å². The molecule has 0 fully saturated rings. The van der Waals surface area contributed by atoms with Crippen molar-refractivity contribution in [3.8, 4) is 5.75 Å². The summed E-state index contributed by atoms with van der Waals surface area (Å²) in [4.78, 5) is 3.25. The van der Waals surface area contributed by atoms with Crippen LogP contribution in [0.3, 0.4) is 0 Å². The Hall–Kier alpha value is -2.18. The van der Waals surface area contributed by atoms with E-state index in [-0.39, 0.29) is 11.6 Å². The normalized spacial score (nSPS) is 10.7. The molecule has 2 rings (SSSR count). The zero-order chi connectivity index (χ0) is 18.2. The van der Waals surface area contributed by atoms with Gasteiger partial charge >= 0.3 is 0 Å². The number of thiocarbonyl (C=S) groups is 1. The highest BCUT2D eigenvalue weighted by molar-refractivity contribution is 7.80. The van der Waals surface area contributed by atoms with E-state index in [1.807, 2.05) is 17.0 Å². The number of nitrogens with zero attached hydrogens (tertiary/aromatic N) is 1. The van der Waals surface area contributed by atoms with E-state index in [2.05, 4.69) is 19.4 Å². The second kappa shape index (κ2) is 9.34. The lowest BCUT2D eigenvalue weighted by atomic mass is 10.1. The van der Waals surface area contributed by atoms with Crippen molar-refractivity contribution in [2.45, 2.75) is 13.0 Å². The Labute approximate surface area is 153 Å². The lowest BCUT2D eigenvalue weighted by Crippen LogP contribution is -3.05. The largest absolute Gasteiger partial charge is 0.508 e. The molecule has 0 heterocycles. The first kappa shape index (κ1) is 19.1. The van der Waals surface area contributed by atoms with Crippen molar-refractivity contribution >= 4 is 23.0 Å². The van der Waals surface area contributed by atoms with Crippen LogP contribution in [0, 0.1) is 5.82 Å². The maximum Gasteiger partial charge on any atom is 0.173 e. The highest BCUT2D eigenvalue weighted by atomic mass is 32.1. The minimum atomic E-state index is -0.293. The molecule has 2 aromatic carbocycles. The molecule has 0 amide bonds. The Morgan fingerprint density at radius 3 is 2.48 bits per heavy atom. The molecular formula is C19H25FN3OS+. The minimum absolute atomic E-state index is 0.216. The van der Waals surface area contributed by atoms with Crippen molar-refractivity contribution in [2.75, 3.05) is 32.1 Å². The summed E-state index contributed by atoms with van der Waals surface area (Å²) in [5.41, 5.74) is 1.54. The summed E-state index contributed by atoms with van der Waals surface area (Å²) in [6, 6.07) is 13.3. The van der Waals surface area contributed by atoms with Gasteiger partial charge in [0.25, 0.3) is 0 Å². The molecular weight excluding hydrogens is 337 g/mol. The number of phenolic OH excluding ortho intramolecular Hbond substituents is 1. The van der Waals surface area contributed by atoms with Crippen molar-refractivity contribution in [1.29, 1.82) is 0 Å². The Kier molecular flexibility index (Phi) is 7.16. The number of hydrogen-bond acceptors (Lipinski definition) is 2. The van der Waals surface area contributed by atoms with Crippen LogP contribution >= 0.6 is 12.2 Å². The molecule has 25 heavy (non-hydrogen) atoms. The summed E-state index contributed by atoms with van der Waals surface area (Å²) in [6.07, 6.45) is 0.996. The maximum atomic E-state index is 13.3. The van der Waals surface area contributed by atoms with E-state index in [0.717, 1.165) is 30.8 Å². The SMILES string of the molecule is C[NH+](C)CCCNC(=S)N(Cc1ccccc1O)c1ccc(F)cc1. The van der Waals surface area contributed by atoms with Gasteiger partial charge in [-0.15, -0.1) is 0 Å². The lowest BCUT2D eigenvalue weighted by molar-refractivity contribution is -0.858. The number of benzene rings is 2. The molecule has 0 spiro atoms. The van der Waals surface area contributed by atoms with Crippen molar-refractivity contribution in [3.63, 3.8) is 0 Å². The average molecular weight is 362 g/mol. The summed E-state index contributed by atoms with van der Waals surface area (Å²) in [6.45, 7) is 2.22. The van der Waals surface area contributed by atoms with Crippen LogP contribution in [0.25, 0.3) is 0 Å². The molecule has 0 saturated heterocycles. The molecule has 0 aliphatic rings. The summed E-state index contributed by atoms with van der Waals surface area (Å²) >= 11 is 5.54. The summed E-state index contributed by atoms with van der Waals surface area (Å²) in [5.74, 6) is -0.0762. The zero-order valence-electron chi connectivity index (χ0n) is 14.6. The highest BCUT2D eigenvalue weighted by Gasteiger charge is 2.14. The third-order valence-corrected chi connectivity index (χ3v) is 4.20. The van der Waals surface area contributed by atoms with Crippen LogP contribution in [-0.4, -0.2) is 37.4 Å². The predicted octanol–water partition coefficient (Wildman–Crippen LogP) is 1.95. The molecule has 0 aromatic heterocycles. The number of nitrogens with one attached hydrogen (secondary N) is 2. The standard InChI is InChI=1S/C19H24FN3OS/c1-22(2)13-5-12-21-19(25)23(17-10-8-16(20)9-11-17)14-15-6-3-4-7-18(15)24/h3-4,6-11,24H,5,12-14H2,1-2H3,(H,21,25)/p+1. The number of para-hydroxylation sites is 1. The average Bonchev–Trinajstić information content (AvgIpc) is 2.58.